The van der Waals surface area contributed by atoms with Crippen LogP contribution in [0, 0.1) is 0 Å². The molecule has 1 aliphatic rings. The summed E-state index contributed by atoms with van der Waals surface area (Å²) < 4.78 is 7.86. The molecule has 2 aromatic carbocycles. The molecule has 0 bridgehead atoms. The molecule has 3 heterocycles. The molecule has 5 nitrogen and oxygen atoms in total. The Morgan fingerprint density at radius 3 is 2.41 bits per heavy atom. The molecular weight excluding hydrogens is 440 g/mol. The van der Waals surface area contributed by atoms with Crippen molar-refractivity contribution >= 4 is 23.0 Å². The highest BCUT2D eigenvalue weighted by Crippen LogP contribution is 2.43. The summed E-state index contributed by atoms with van der Waals surface area (Å²) in [5.41, 5.74) is 5.39. The van der Waals surface area contributed by atoms with E-state index in [1.807, 2.05) is 36.5 Å². The van der Waals surface area contributed by atoms with Crippen molar-refractivity contribution < 1.29 is 4.74 Å². The summed E-state index contributed by atoms with van der Waals surface area (Å²) in [4.78, 5) is 6.88. The van der Waals surface area contributed by atoms with E-state index < -0.39 is 0 Å². The first-order valence-corrected chi connectivity index (χ1v) is 11.9. The van der Waals surface area contributed by atoms with Gasteiger partial charge in [0.2, 0.25) is 0 Å². The second kappa shape index (κ2) is 9.31. The number of hydrogen-bond donors (Lipinski definition) is 1. The van der Waals surface area contributed by atoms with Crippen LogP contribution in [0.4, 0.5) is 5.69 Å². The lowest BCUT2D eigenvalue weighted by Gasteiger charge is -2.29. The smallest absolute Gasteiger partial charge is 0.174 e. The fraction of sp³-hybridized carbons (Fsp3) is 0.214. The largest absolute Gasteiger partial charge is 0.495 e. The molecule has 0 unspecified atom stereocenters. The predicted octanol–water partition coefficient (Wildman–Crippen LogP) is 6.18. The number of hydrogen-bond acceptors (Lipinski definition) is 3. The summed E-state index contributed by atoms with van der Waals surface area (Å²) in [6, 6.07) is 26.8. The van der Waals surface area contributed by atoms with Gasteiger partial charge in [-0.3, -0.25) is 4.98 Å². The topological polar surface area (TPSA) is 42.3 Å². The Morgan fingerprint density at radius 2 is 1.71 bits per heavy atom. The van der Waals surface area contributed by atoms with Gasteiger partial charge in [0.25, 0.3) is 0 Å². The highest BCUT2D eigenvalue weighted by Gasteiger charge is 2.42. The summed E-state index contributed by atoms with van der Waals surface area (Å²) >= 11 is 5.90. The van der Waals surface area contributed by atoms with Gasteiger partial charge in [0.1, 0.15) is 11.8 Å². The standard InChI is InChI=1S/C28H28N4OS/c1-19(2)20-13-15-21(16-14-20)32-27(26(30-28(32)34)22-9-6-7-17-29-22)24-11-8-18-31(24)23-10-4-5-12-25(23)33-3/h4-19,26-27H,1-3H3,(H,30,34)/t26-,27-/m0/s1. The maximum atomic E-state index is 5.90. The van der Waals surface area contributed by atoms with Gasteiger partial charge < -0.3 is 19.5 Å². The highest BCUT2D eigenvalue weighted by atomic mass is 32.1. The zero-order chi connectivity index (χ0) is 23.7. The molecule has 5 rings (SSSR count). The number of anilines is 1. The van der Waals surface area contributed by atoms with Gasteiger partial charge in [-0.1, -0.05) is 44.2 Å². The van der Waals surface area contributed by atoms with Crippen LogP contribution in [0.2, 0.25) is 0 Å². The van der Waals surface area contributed by atoms with Crippen LogP contribution in [0.15, 0.2) is 91.3 Å². The van der Waals surface area contributed by atoms with E-state index in [2.05, 4.69) is 88.3 Å². The third kappa shape index (κ3) is 3.94. The van der Waals surface area contributed by atoms with Crippen LogP contribution in [0.25, 0.3) is 5.69 Å². The molecular formula is C28H28N4OS. The third-order valence-corrected chi connectivity index (χ3v) is 6.68. The lowest BCUT2D eigenvalue weighted by Crippen LogP contribution is -2.30. The van der Waals surface area contributed by atoms with Gasteiger partial charge in [-0.25, -0.2) is 0 Å². The van der Waals surface area contributed by atoms with Gasteiger partial charge in [0, 0.05) is 23.8 Å². The van der Waals surface area contributed by atoms with Crippen LogP contribution in [0.3, 0.4) is 0 Å². The van der Waals surface area contributed by atoms with Crippen LogP contribution >= 0.6 is 12.2 Å². The van der Waals surface area contributed by atoms with Crippen LogP contribution in [-0.4, -0.2) is 21.8 Å². The van der Waals surface area contributed by atoms with Gasteiger partial charge >= 0.3 is 0 Å². The first kappa shape index (κ1) is 22.2. The Balaban J connectivity index is 1.66. The van der Waals surface area contributed by atoms with Crippen LogP contribution in [0.5, 0.6) is 5.75 Å². The molecule has 0 aliphatic carbocycles. The molecule has 2 atom stereocenters. The number of methoxy groups -OCH3 is 1. The monoisotopic (exact) mass is 468 g/mol. The Hall–Kier alpha value is -3.64. The number of pyridine rings is 1. The fourth-order valence-corrected chi connectivity index (χ4v) is 4.98. The van der Waals surface area contributed by atoms with Crippen molar-refractivity contribution in [1.29, 1.82) is 0 Å². The molecule has 0 radical (unpaired) electrons. The van der Waals surface area contributed by atoms with E-state index in [9.17, 15) is 0 Å². The molecule has 1 saturated heterocycles. The maximum absolute atomic E-state index is 5.90. The number of nitrogens with one attached hydrogen (secondary N) is 1. The second-order valence-electron chi connectivity index (χ2n) is 8.72. The molecule has 6 heteroatoms. The number of aromatic nitrogens is 2. The lowest BCUT2D eigenvalue weighted by atomic mass is 9.99. The zero-order valence-corrected chi connectivity index (χ0v) is 20.4. The number of para-hydroxylation sites is 2. The number of rotatable bonds is 6. The van der Waals surface area contributed by atoms with Crippen LogP contribution < -0.4 is 15.0 Å². The third-order valence-electron chi connectivity index (χ3n) is 6.36. The van der Waals surface area contributed by atoms with Gasteiger partial charge in [0.05, 0.1) is 24.5 Å². The lowest BCUT2D eigenvalue weighted by molar-refractivity contribution is 0.412. The van der Waals surface area contributed by atoms with E-state index in [4.69, 9.17) is 17.0 Å². The number of thiocarbonyl (C=S) groups is 1. The normalized spacial score (nSPS) is 17.8. The van der Waals surface area contributed by atoms with Gasteiger partial charge in [0.15, 0.2) is 5.11 Å². The molecule has 1 N–H and O–H groups in total. The van der Waals surface area contributed by atoms with E-state index in [1.54, 1.807) is 7.11 Å². The van der Waals surface area contributed by atoms with Crippen LogP contribution in [-0.2, 0) is 0 Å². The maximum Gasteiger partial charge on any atom is 0.174 e. The molecule has 2 aromatic heterocycles. The van der Waals surface area contributed by atoms with Crippen molar-refractivity contribution in [3.63, 3.8) is 0 Å². The van der Waals surface area contributed by atoms with Crippen molar-refractivity contribution in [2.45, 2.75) is 31.8 Å². The summed E-state index contributed by atoms with van der Waals surface area (Å²) in [6.45, 7) is 4.41. The number of ether oxygens (including phenoxy) is 1. The van der Waals surface area contributed by atoms with Crippen molar-refractivity contribution in [3.05, 3.63) is 108 Å². The first-order chi connectivity index (χ1) is 16.6. The van der Waals surface area contributed by atoms with Crippen molar-refractivity contribution in [3.8, 4) is 11.4 Å². The highest BCUT2D eigenvalue weighted by molar-refractivity contribution is 7.80. The average molecular weight is 469 g/mol. The minimum atomic E-state index is -0.109. The summed E-state index contributed by atoms with van der Waals surface area (Å²) in [5.74, 6) is 1.29. The van der Waals surface area contributed by atoms with E-state index >= 15 is 0 Å². The SMILES string of the molecule is COc1ccccc1-n1cccc1[C@H]1[C@H](c2ccccn2)NC(=S)N1c1ccc(C(C)C)cc1. The van der Waals surface area contributed by atoms with Crippen molar-refractivity contribution in [2.75, 3.05) is 12.0 Å². The molecule has 1 aliphatic heterocycles. The molecule has 0 spiro atoms. The fourth-order valence-electron chi connectivity index (χ4n) is 4.64. The molecule has 0 saturated carbocycles. The van der Waals surface area contributed by atoms with E-state index in [0.29, 0.717) is 11.0 Å². The van der Waals surface area contributed by atoms with Gasteiger partial charge in [-0.15, -0.1) is 0 Å². The second-order valence-corrected chi connectivity index (χ2v) is 9.10. The molecule has 1 fully saturated rings. The Bertz CT molecular complexity index is 1280. The Morgan fingerprint density at radius 1 is 0.941 bits per heavy atom. The van der Waals surface area contributed by atoms with E-state index in [1.165, 1.54) is 5.56 Å². The molecule has 34 heavy (non-hydrogen) atoms. The van der Waals surface area contributed by atoms with E-state index in [-0.39, 0.29) is 12.1 Å². The Labute approximate surface area is 206 Å². The summed E-state index contributed by atoms with van der Waals surface area (Å²) in [7, 11) is 1.70. The zero-order valence-electron chi connectivity index (χ0n) is 19.6. The number of benzene rings is 2. The number of nitrogens with zero attached hydrogens (tertiary/aromatic N) is 3. The van der Waals surface area contributed by atoms with E-state index in [0.717, 1.165) is 28.5 Å². The molecule has 172 valence electrons. The first-order valence-electron chi connectivity index (χ1n) is 11.5. The summed E-state index contributed by atoms with van der Waals surface area (Å²) in [5, 5.41) is 4.24. The minimum absolute atomic E-state index is 0.104. The van der Waals surface area contributed by atoms with Crippen LogP contribution in [0.1, 0.15) is 48.8 Å². The summed E-state index contributed by atoms with van der Waals surface area (Å²) in [6.07, 6.45) is 3.90. The molecule has 4 aromatic rings. The van der Waals surface area contributed by atoms with Gasteiger partial charge in [-0.2, -0.15) is 0 Å². The van der Waals surface area contributed by atoms with Crippen molar-refractivity contribution in [1.82, 2.24) is 14.9 Å². The Kier molecular flexibility index (Phi) is 6.07. The average Bonchev–Trinajstić information content (AvgIpc) is 3.48. The molecule has 0 amide bonds. The quantitative estimate of drug-likeness (QED) is 0.342. The van der Waals surface area contributed by atoms with Gasteiger partial charge in [-0.05, 0) is 72.2 Å². The predicted molar refractivity (Wildman–Crippen MR) is 141 cm³/mol. The van der Waals surface area contributed by atoms with Crippen molar-refractivity contribution in [2.24, 2.45) is 0 Å². The minimum Gasteiger partial charge on any atom is -0.495 e.